The van der Waals surface area contributed by atoms with Gasteiger partial charge in [-0.05, 0) is 38.2 Å². The molecule has 1 aliphatic carbocycles. The van der Waals surface area contributed by atoms with Crippen LogP contribution in [0.4, 0.5) is 0 Å². The summed E-state index contributed by atoms with van der Waals surface area (Å²) in [6, 6.07) is 2.52. The molecule has 114 valence electrons. The Balaban J connectivity index is 1.96. The molecule has 4 heteroatoms. The van der Waals surface area contributed by atoms with Gasteiger partial charge in [0.05, 0.1) is 12.4 Å². The number of aliphatic hydroxyl groups excluding tert-OH is 1. The average Bonchev–Trinajstić information content (AvgIpc) is 2.95. The minimum Gasteiger partial charge on any atom is -0.388 e. The highest BCUT2D eigenvalue weighted by Gasteiger charge is 2.34. The molecule has 2 unspecified atom stereocenters. The van der Waals surface area contributed by atoms with Crippen LogP contribution in [0.3, 0.4) is 0 Å². The fraction of sp³-hybridized carbons (Fsp3) is 0.588. The van der Waals surface area contributed by atoms with Gasteiger partial charge >= 0.3 is 0 Å². The smallest absolute Gasteiger partial charge is 0.0946 e. The van der Waals surface area contributed by atoms with Gasteiger partial charge in [-0.3, -0.25) is 0 Å². The Morgan fingerprint density at radius 3 is 2.90 bits per heavy atom. The summed E-state index contributed by atoms with van der Waals surface area (Å²) in [6.45, 7) is 9.76. The fourth-order valence-corrected chi connectivity index (χ4v) is 3.76. The minimum absolute atomic E-state index is 0.156. The number of imidazole rings is 1. The third kappa shape index (κ3) is 2.64. The van der Waals surface area contributed by atoms with Gasteiger partial charge < -0.3 is 14.2 Å². The predicted molar refractivity (Wildman–Crippen MR) is 83.2 cm³/mol. The maximum absolute atomic E-state index is 10.4. The Kier molecular flexibility index (Phi) is 3.44. The number of nitrogens with zero attached hydrogens (tertiary/aromatic N) is 3. The third-order valence-electron chi connectivity index (χ3n) is 4.59. The number of hydrogen-bond donors (Lipinski definition) is 1. The first kappa shape index (κ1) is 14.4. The van der Waals surface area contributed by atoms with Gasteiger partial charge in [0.25, 0.3) is 0 Å². The zero-order chi connectivity index (χ0) is 15.2. The molecule has 2 atom stereocenters. The van der Waals surface area contributed by atoms with E-state index in [0.717, 1.165) is 24.9 Å². The summed E-state index contributed by atoms with van der Waals surface area (Å²) >= 11 is 0. The number of fused-ring (bicyclic) bond motifs is 1. The van der Waals surface area contributed by atoms with E-state index in [9.17, 15) is 5.11 Å². The standard InChI is InChI=1S/C17H25N3O/c1-12-7-14-15(8-17(3,4)9-16(14)21)20(12)13(2)10-19-6-5-18-11-19/h5-7,11,13,16,21H,8-10H2,1-4H3. The summed E-state index contributed by atoms with van der Waals surface area (Å²) in [5, 5.41) is 10.4. The predicted octanol–water partition coefficient (Wildman–Crippen LogP) is 3.26. The molecule has 2 aromatic heterocycles. The Morgan fingerprint density at radius 2 is 2.24 bits per heavy atom. The van der Waals surface area contributed by atoms with Crippen LogP contribution in [0, 0.1) is 12.3 Å². The second kappa shape index (κ2) is 5.02. The Morgan fingerprint density at radius 1 is 1.48 bits per heavy atom. The molecule has 0 aliphatic heterocycles. The molecule has 0 amide bonds. The van der Waals surface area contributed by atoms with Gasteiger partial charge in [-0.25, -0.2) is 4.98 Å². The molecule has 0 saturated carbocycles. The van der Waals surface area contributed by atoms with E-state index in [1.54, 1.807) is 0 Å². The average molecular weight is 287 g/mol. The van der Waals surface area contributed by atoms with Crippen molar-refractivity contribution in [3.8, 4) is 0 Å². The largest absolute Gasteiger partial charge is 0.388 e. The maximum atomic E-state index is 10.4. The SMILES string of the molecule is Cc1cc2c(n1C(C)Cn1ccnc1)CC(C)(C)CC2O. The van der Waals surface area contributed by atoms with Crippen LogP contribution in [0.1, 0.15) is 56.3 Å². The van der Waals surface area contributed by atoms with E-state index in [0.29, 0.717) is 6.04 Å². The Labute approximate surface area is 126 Å². The van der Waals surface area contributed by atoms with Crippen molar-refractivity contribution >= 4 is 0 Å². The number of aryl methyl sites for hydroxylation is 1. The highest BCUT2D eigenvalue weighted by atomic mass is 16.3. The van der Waals surface area contributed by atoms with Crippen molar-refractivity contribution in [1.29, 1.82) is 0 Å². The van der Waals surface area contributed by atoms with E-state index in [1.807, 2.05) is 18.7 Å². The van der Waals surface area contributed by atoms with Crippen molar-refractivity contribution in [1.82, 2.24) is 14.1 Å². The second-order valence-electron chi connectivity index (χ2n) is 7.23. The molecule has 21 heavy (non-hydrogen) atoms. The molecular weight excluding hydrogens is 262 g/mol. The van der Waals surface area contributed by atoms with Gasteiger partial charge in [0.2, 0.25) is 0 Å². The van der Waals surface area contributed by atoms with Gasteiger partial charge in [0.1, 0.15) is 0 Å². The van der Waals surface area contributed by atoms with Gasteiger partial charge in [-0.2, -0.15) is 0 Å². The van der Waals surface area contributed by atoms with E-state index in [2.05, 4.69) is 47.9 Å². The highest BCUT2D eigenvalue weighted by molar-refractivity contribution is 5.33. The fourth-order valence-electron chi connectivity index (χ4n) is 3.76. The number of aliphatic hydroxyl groups is 1. The first-order valence-electron chi connectivity index (χ1n) is 7.72. The van der Waals surface area contributed by atoms with Crippen LogP contribution in [0.2, 0.25) is 0 Å². The quantitative estimate of drug-likeness (QED) is 0.941. The van der Waals surface area contributed by atoms with Crippen LogP contribution in [0.5, 0.6) is 0 Å². The number of hydrogen-bond acceptors (Lipinski definition) is 2. The van der Waals surface area contributed by atoms with Gasteiger partial charge in [0, 0.05) is 41.9 Å². The van der Waals surface area contributed by atoms with Crippen molar-refractivity contribution in [2.24, 2.45) is 5.41 Å². The lowest BCUT2D eigenvalue weighted by atomic mass is 9.75. The van der Waals surface area contributed by atoms with Gasteiger partial charge in [-0.15, -0.1) is 0 Å². The van der Waals surface area contributed by atoms with Crippen LogP contribution in [0.25, 0.3) is 0 Å². The summed E-state index contributed by atoms with van der Waals surface area (Å²) in [7, 11) is 0. The molecule has 0 saturated heterocycles. The minimum atomic E-state index is -0.329. The van der Waals surface area contributed by atoms with E-state index in [1.165, 1.54) is 11.4 Å². The van der Waals surface area contributed by atoms with E-state index in [4.69, 9.17) is 0 Å². The van der Waals surface area contributed by atoms with E-state index in [-0.39, 0.29) is 11.5 Å². The normalized spacial score (nSPS) is 22.0. The maximum Gasteiger partial charge on any atom is 0.0946 e. The molecule has 3 rings (SSSR count). The van der Waals surface area contributed by atoms with Gasteiger partial charge in [0.15, 0.2) is 0 Å². The Bertz CT molecular complexity index is 625. The first-order valence-corrected chi connectivity index (χ1v) is 7.72. The monoisotopic (exact) mass is 287 g/mol. The topological polar surface area (TPSA) is 43.0 Å². The van der Waals surface area contributed by atoms with Crippen LogP contribution < -0.4 is 0 Å². The molecule has 0 bridgehead atoms. The molecule has 0 spiro atoms. The Hall–Kier alpha value is -1.55. The van der Waals surface area contributed by atoms with Crippen molar-refractivity contribution in [3.05, 3.63) is 41.7 Å². The molecule has 4 nitrogen and oxygen atoms in total. The first-order chi connectivity index (χ1) is 9.87. The van der Waals surface area contributed by atoms with Crippen LogP contribution in [-0.2, 0) is 13.0 Å². The van der Waals surface area contributed by atoms with E-state index >= 15 is 0 Å². The summed E-state index contributed by atoms with van der Waals surface area (Å²) in [6.07, 6.45) is 7.23. The lowest BCUT2D eigenvalue weighted by molar-refractivity contribution is 0.0974. The van der Waals surface area contributed by atoms with Crippen molar-refractivity contribution < 1.29 is 5.11 Å². The van der Waals surface area contributed by atoms with Crippen molar-refractivity contribution in [3.63, 3.8) is 0 Å². The summed E-state index contributed by atoms with van der Waals surface area (Å²) in [5.41, 5.74) is 3.83. The van der Waals surface area contributed by atoms with Gasteiger partial charge in [-0.1, -0.05) is 13.8 Å². The highest BCUT2D eigenvalue weighted by Crippen LogP contribution is 2.42. The molecule has 0 aromatic carbocycles. The van der Waals surface area contributed by atoms with Crippen molar-refractivity contribution in [2.45, 2.75) is 59.2 Å². The zero-order valence-corrected chi connectivity index (χ0v) is 13.4. The third-order valence-corrected chi connectivity index (χ3v) is 4.59. The van der Waals surface area contributed by atoms with E-state index < -0.39 is 0 Å². The molecule has 0 radical (unpaired) electrons. The molecule has 1 N–H and O–H groups in total. The van der Waals surface area contributed by atoms with Crippen LogP contribution in [-0.4, -0.2) is 19.2 Å². The lowest BCUT2D eigenvalue weighted by Gasteiger charge is -2.35. The van der Waals surface area contributed by atoms with Crippen LogP contribution in [0.15, 0.2) is 24.8 Å². The summed E-state index contributed by atoms with van der Waals surface area (Å²) in [5.74, 6) is 0. The summed E-state index contributed by atoms with van der Waals surface area (Å²) < 4.78 is 4.51. The number of rotatable bonds is 3. The molecular formula is C17H25N3O. The second-order valence-corrected chi connectivity index (χ2v) is 7.23. The van der Waals surface area contributed by atoms with Crippen molar-refractivity contribution in [2.75, 3.05) is 0 Å². The molecule has 2 aromatic rings. The molecule has 1 aliphatic rings. The number of aromatic nitrogens is 3. The molecule has 2 heterocycles. The summed E-state index contributed by atoms with van der Waals surface area (Å²) in [4.78, 5) is 4.12. The lowest BCUT2D eigenvalue weighted by Crippen LogP contribution is -2.28. The van der Waals surface area contributed by atoms with Crippen LogP contribution >= 0.6 is 0 Å². The zero-order valence-electron chi connectivity index (χ0n) is 13.4. The molecule has 0 fully saturated rings.